The van der Waals surface area contributed by atoms with Crippen LogP contribution in [0.3, 0.4) is 0 Å². The molecule has 3 heterocycles. The maximum atomic E-state index is 13.5. The van der Waals surface area contributed by atoms with Crippen molar-refractivity contribution in [3.05, 3.63) is 40.7 Å². The van der Waals surface area contributed by atoms with Crippen molar-refractivity contribution < 1.29 is 9.18 Å². The van der Waals surface area contributed by atoms with Crippen molar-refractivity contribution in [1.82, 2.24) is 15.0 Å². The van der Waals surface area contributed by atoms with Crippen LogP contribution in [0, 0.1) is 25.7 Å². The summed E-state index contributed by atoms with van der Waals surface area (Å²) in [5.74, 6) is 0.864. The van der Waals surface area contributed by atoms with E-state index in [9.17, 15) is 9.18 Å². The first-order valence-electron chi connectivity index (χ1n) is 10.5. The van der Waals surface area contributed by atoms with Crippen LogP contribution in [-0.4, -0.2) is 27.4 Å². The van der Waals surface area contributed by atoms with Gasteiger partial charge in [-0.1, -0.05) is 31.7 Å². The highest BCUT2D eigenvalue weighted by atomic mass is 19.1. The Bertz CT molecular complexity index is 887. The lowest BCUT2D eigenvalue weighted by Crippen LogP contribution is -2.33. The van der Waals surface area contributed by atoms with Gasteiger partial charge < -0.3 is 10.2 Å². The highest BCUT2D eigenvalue weighted by molar-refractivity contribution is 5.91. The summed E-state index contributed by atoms with van der Waals surface area (Å²) < 4.78 is 13.5. The molecule has 0 bridgehead atoms. The van der Waals surface area contributed by atoms with Crippen LogP contribution in [0.1, 0.15) is 61.2 Å². The number of aryl methyl sites for hydroxylation is 2. The van der Waals surface area contributed by atoms with E-state index < -0.39 is 5.95 Å². The molecule has 0 unspecified atom stereocenters. The van der Waals surface area contributed by atoms with Crippen molar-refractivity contribution in [2.45, 2.75) is 65.3 Å². The normalized spacial score (nSPS) is 16.7. The van der Waals surface area contributed by atoms with Gasteiger partial charge in [0.2, 0.25) is 17.8 Å². The highest BCUT2D eigenvalue weighted by Crippen LogP contribution is 2.29. The third kappa shape index (κ3) is 4.54. The van der Waals surface area contributed by atoms with Crippen molar-refractivity contribution in [2.24, 2.45) is 5.92 Å². The fourth-order valence-corrected chi connectivity index (χ4v) is 4.41. The molecule has 1 aliphatic heterocycles. The number of carbonyl (C=O) groups excluding carboxylic acids is 1. The van der Waals surface area contributed by atoms with Crippen molar-refractivity contribution >= 4 is 17.5 Å². The maximum absolute atomic E-state index is 13.5. The van der Waals surface area contributed by atoms with E-state index in [2.05, 4.69) is 20.3 Å². The van der Waals surface area contributed by atoms with Gasteiger partial charge in [-0.25, -0.2) is 15.0 Å². The quantitative estimate of drug-likeness (QED) is 0.769. The maximum Gasteiger partial charge on any atom is 0.226 e. The molecule has 0 spiro atoms. The van der Waals surface area contributed by atoms with Gasteiger partial charge >= 0.3 is 0 Å². The molecule has 0 saturated heterocycles. The first kappa shape index (κ1) is 19.7. The molecular weight excluding hydrogens is 369 g/mol. The third-order valence-corrected chi connectivity index (χ3v) is 6.09. The van der Waals surface area contributed by atoms with Gasteiger partial charge in [-0.05, 0) is 44.2 Å². The molecule has 154 valence electrons. The number of fused-ring (bicyclic) bond motifs is 1. The van der Waals surface area contributed by atoms with Crippen molar-refractivity contribution in [1.29, 1.82) is 0 Å². The number of carbonyl (C=O) groups is 1. The summed E-state index contributed by atoms with van der Waals surface area (Å²) >= 11 is 0. The zero-order chi connectivity index (χ0) is 20.4. The van der Waals surface area contributed by atoms with Gasteiger partial charge in [-0.2, -0.15) is 4.39 Å². The molecule has 2 aromatic heterocycles. The average Bonchev–Trinajstić information content (AvgIpc) is 3.22. The Kier molecular flexibility index (Phi) is 5.74. The monoisotopic (exact) mass is 397 g/mol. The molecule has 7 heteroatoms. The van der Waals surface area contributed by atoms with Crippen LogP contribution in [0.25, 0.3) is 0 Å². The molecule has 1 N–H and O–H groups in total. The summed E-state index contributed by atoms with van der Waals surface area (Å²) in [6.07, 6.45) is 7.38. The zero-order valence-electron chi connectivity index (χ0n) is 17.2. The zero-order valence-corrected chi connectivity index (χ0v) is 17.2. The Balaban J connectivity index is 1.43. The van der Waals surface area contributed by atoms with E-state index in [0.717, 1.165) is 42.0 Å². The molecule has 1 aliphatic carbocycles. The highest BCUT2D eigenvalue weighted by Gasteiger charge is 2.22. The Morgan fingerprint density at radius 2 is 1.90 bits per heavy atom. The first-order valence-corrected chi connectivity index (χ1v) is 10.5. The number of nitrogens with one attached hydrogen (secondary N) is 1. The molecule has 2 aromatic rings. The van der Waals surface area contributed by atoms with Crippen molar-refractivity contribution in [2.75, 3.05) is 16.8 Å². The second kappa shape index (κ2) is 8.43. The number of halogens is 1. The van der Waals surface area contributed by atoms with E-state index in [1.165, 1.54) is 31.7 Å². The fraction of sp³-hybridized carbons (Fsp3) is 0.545. The van der Waals surface area contributed by atoms with E-state index in [4.69, 9.17) is 0 Å². The van der Waals surface area contributed by atoms with Crippen LogP contribution >= 0.6 is 0 Å². The number of hydrogen-bond acceptors (Lipinski definition) is 5. The minimum atomic E-state index is -0.463. The first-order chi connectivity index (χ1) is 14.0. The van der Waals surface area contributed by atoms with E-state index >= 15 is 0 Å². The van der Waals surface area contributed by atoms with Crippen LogP contribution < -0.4 is 10.2 Å². The Labute approximate surface area is 171 Å². The largest absolute Gasteiger partial charge is 0.335 e. The van der Waals surface area contributed by atoms with Gasteiger partial charge in [0, 0.05) is 13.0 Å². The molecular formula is C22H28FN5O. The predicted octanol–water partition coefficient (Wildman–Crippen LogP) is 4.10. The molecule has 0 atom stereocenters. The van der Waals surface area contributed by atoms with E-state index in [0.29, 0.717) is 30.5 Å². The van der Waals surface area contributed by atoms with Gasteiger partial charge in [0.15, 0.2) is 0 Å². The summed E-state index contributed by atoms with van der Waals surface area (Å²) in [4.78, 5) is 27.7. The molecule has 1 fully saturated rings. The smallest absolute Gasteiger partial charge is 0.226 e. The van der Waals surface area contributed by atoms with Crippen LogP contribution in [0.4, 0.5) is 16.0 Å². The third-order valence-electron chi connectivity index (χ3n) is 6.09. The molecule has 6 nitrogen and oxygen atoms in total. The van der Waals surface area contributed by atoms with Crippen molar-refractivity contribution in [3.8, 4) is 0 Å². The molecule has 2 aliphatic rings. The lowest BCUT2D eigenvalue weighted by atomic mass is 10.0. The second-order valence-corrected chi connectivity index (χ2v) is 8.22. The van der Waals surface area contributed by atoms with Crippen LogP contribution in [0.5, 0.6) is 0 Å². The van der Waals surface area contributed by atoms with Gasteiger partial charge in [-0.15, -0.1) is 0 Å². The minimum absolute atomic E-state index is 0.0334. The Morgan fingerprint density at radius 3 is 2.62 bits per heavy atom. The molecule has 4 rings (SSSR count). The molecule has 0 aromatic carbocycles. The fourth-order valence-electron chi connectivity index (χ4n) is 4.41. The lowest BCUT2D eigenvalue weighted by Gasteiger charge is -2.28. The number of nitrogens with zero attached hydrogens (tertiary/aromatic N) is 4. The topological polar surface area (TPSA) is 71.0 Å². The van der Waals surface area contributed by atoms with Crippen LogP contribution in [0.2, 0.25) is 0 Å². The second-order valence-electron chi connectivity index (χ2n) is 8.22. The van der Waals surface area contributed by atoms with Crippen molar-refractivity contribution in [3.63, 3.8) is 0 Å². The summed E-state index contributed by atoms with van der Waals surface area (Å²) in [5, 5.41) is 3.01. The molecule has 1 saturated carbocycles. The number of aromatic nitrogens is 3. The predicted molar refractivity (Wildman–Crippen MR) is 110 cm³/mol. The number of anilines is 2. The summed E-state index contributed by atoms with van der Waals surface area (Å²) in [6.45, 7) is 5.02. The number of amides is 1. The summed E-state index contributed by atoms with van der Waals surface area (Å²) in [5.41, 5.74) is 4.01. The Morgan fingerprint density at radius 1 is 1.17 bits per heavy atom. The standard InChI is InChI=1S/C22H28FN5O/c1-14-21(27-20(29)10-7-16-5-3-4-6-16)15(2)25-22(24-14)28-12-11-17-8-9-19(23)26-18(17)13-28/h8-9,16H,3-7,10-13H2,1-2H3,(H,27,29). The van der Waals surface area contributed by atoms with E-state index in [1.54, 1.807) is 6.07 Å². The number of pyridine rings is 1. The molecule has 29 heavy (non-hydrogen) atoms. The Hall–Kier alpha value is -2.57. The van der Waals surface area contributed by atoms with Gasteiger partial charge in [-0.3, -0.25) is 4.79 Å². The summed E-state index contributed by atoms with van der Waals surface area (Å²) in [6, 6.07) is 3.21. The molecule has 1 amide bonds. The number of rotatable bonds is 5. The van der Waals surface area contributed by atoms with Crippen LogP contribution in [0.15, 0.2) is 12.1 Å². The van der Waals surface area contributed by atoms with Crippen LogP contribution in [-0.2, 0) is 17.8 Å². The minimum Gasteiger partial charge on any atom is -0.335 e. The lowest BCUT2D eigenvalue weighted by molar-refractivity contribution is -0.116. The van der Waals surface area contributed by atoms with E-state index in [-0.39, 0.29) is 5.91 Å². The van der Waals surface area contributed by atoms with E-state index in [1.807, 2.05) is 18.7 Å². The summed E-state index contributed by atoms with van der Waals surface area (Å²) in [7, 11) is 0. The number of hydrogen-bond donors (Lipinski definition) is 1. The average molecular weight is 397 g/mol. The van der Waals surface area contributed by atoms with Gasteiger partial charge in [0.1, 0.15) is 0 Å². The SMILES string of the molecule is Cc1nc(N2CCc3ccc(F)nc3C2)nc(C)c1NC(=O)CCC1CCCC1. The van der Waals surface area contributed by atoms with Gasteiger partial charge in [0.25, 0.3) is 0 Å². The molecule has 0 radical (unpaired) electrons. The van der Waals surface area contributed by atoms with Gasteiger partial charge in [0.05, 0.1) is 29.3 Å².